The molecule has 0 aromatic heterocycles. The normalized spacial score (nSPS) is 23.5. The van der Waals surface area contributed by atoms with E-state index >= 15 is 0 Å². The number of nitrogens with one attached hydrogen (secondary N) is 1. The standard InChI is InChI=1S/C22H25FN2O3/c23-16-5-4-6-17(13-16)24-22(26)21-14-20(28-19-7-2-1-3-8-19)15-25(21)18-9-11-27-12-10-18/h1-8,13,18,20-21H,9-12,14-15H2,(H,24,26)/t20-,21-/m0/s1. The van der Waals surface area contributed by atoms with E-state index < -0.39 is 0 Å². The number of rotatable bonds is 5. The van der Waals surface area contributed by atoms with Crippen LogP contribution in [0.25, 0.3) is 0 Å². The van der Waals surface area contributed by atoms with Gasteiger partial charge in [-0.25, -0.2) is 4.39 Å². The van der Waals surface area contributed by atoms with E-state index in [4.69, 9.17) is 9.47 Å². The van der Waals surface area contributed by atoms with Gasteiger partial charge >= 0.3 is 0 Å². The fourth-order valence-electron chi connectivity index (χ4n) is 4.07. The van der Waals surface area contributed by atoms with Gasteiger partial charge in [0, 0.05) is 37.9 Å². The monoisotopic (exact) mass is 384 g/mol. The first-order chi connectivity index (χ1) is 13.7. The third kappa shape index (κ3) is 4.51. The Morgan fingerprint density at radius 1 is 1.11 bits per heavy atom. The second kappa shape index (κ2) is 8.71. The van der Waals surface area contributed by atoms with Gasteiger partial charge in [-0.3, -0.25) is 9.69 Å². The molecule has 148 valence electrons. The van der Waals surface area contributed by atoms with Crippen LogP contribution in [-0.4, -0.2) is 48.8 Å². The van der Waals surface area contributed by atoms with Gasteiger partial charge in [-0.05, 0) is 43.2 Å². The Hall–Kier alpha value is -2.44. The molecule has 1 amide bonds. The van der Waals surface area contributed by atoms with Crippen molar-refractivity contribution in [2.75, 3.05) is 25.1 Å². The van der Waals surface area contributed by atoms with E-state index in [1.165, 1.54) is 12.1 Å². The lowest BCUT2D eigenvalue weighted by atomic mass is 10.1. The summed E-state index contributed by atoms with van der Waals surface area (Å²) < 4.78 is 25.1. The van der Waals surface area contributed by atoms with Crippen LogP contribution in [0.1, 0.15) is 19.3 Å². The number of carbonyl (C=O) groups excluding carboxylic acids is 1. The first-order valence-electron chi connectivity index (χ1n) is 9.80. The highest BCUT2D eigenvalue weighted by Gasteiger charge is 2.41. The van der Waals surface area contributed by atoms with Crippen LogP contribution < -0.4 is 10.1 Å². The lowest BCUT2D eigenvalue weighted by Gasteiger charge is -2.34. The van der Waals surface area contributed by atoms with Crippen LogP contribution in [0, 0.1) is 5.82 Å². The average Bonchev–Trinajstić information content (AvgIpc) is 3.13. The van der Waals surface area contributed by atoms with Crippen LogP contribution in [0.5, 0.6) is 5.75 Å². The highest BCUT2D eigenvalue weighted by molar-refractivity contribution is 5.95. The van der Waals surface area contributed by atoms with Gasteiger partial charge in [0.15, 0.2) is 0 Å². The van der Waals surface area contributed by atoms with Crippen LogP contribution in [0.4, 0.5) is 10.1 Å². The predicted molar refractivity (Wildman–Crippen MR) is 105 cm³/mol. The summed E-state index contributed by atoms with van der Waals surface area (Å²) in [4.78, 5) is 15.3. The summed E-state index contributed by atoms with van der Waals surface area (Å²) in [6, 6.07) is 15.7. The Bertz CT molecular complexity index is 795. The summed E-state index contributed by atoms with van der Waals surface area (Å²) in [5, 5.41) is 2.87. The highest BCUT2D eigenvalue weighted by Crippen LogP contribution is 2.29. The summed E-state index contributed by atoms with van der Waals surface area (Å²) in [5.74, 6) is 0.331. The number of likely N-dealkylation sites (tertiary alicyclic amines) is 1. The topological polar surface area (TPSA) is 50.8 Å². The summed E-state index contributed by atoms with van der Waals surface area (Å²) in [5.41, 5.74) is 0.476. The van der Waals surface area contributed by atoms with Gasteiger partial charge in [-0.1, -0.05) is 24.3 Å². The summed E-state index contributed by atoms with van der Waals surface area (Å²) in [7, 11) is 0. The van der Waals surface area contributed by atoms with Crippen LogP contribution in [-0.2, 0) is 9.53 Å². The molecule has 2 atom stereocenters. The molecule has 0 bridgehead atoms. The Morgan fingerprint density at radius 2 is 1.89 bits per heavy atom. The van der Waals surface area contributed by atoms with Crippen LogP contribution in [0.3, 0.4) is 0 Å². The van der Waals surface area contributed by atoms with E-state index in [2.05, 4.69) is 10.2 Å². The van der Waals surface area contributed by atoms with Crippen molar-refractivity contribution in [1.29, 1.82) is 0 Å². The highest BCUT2D eigenvalue weighted by atomic mass is 19.1. The quantitative estimate of drug-likeness (QED) is 0.858. The van der Waals surface area contributed by atoms with Gasteiger partial charge in [0.05, 0.1) is 6.04 Å². The first kappa shape index (κ1) is 18.9. The minimum absolute atomic E-state index is 0.0616. The number of ether oxygens (including phenoxy) is 2. The molecular formula is C22H25FN2O3. The van der Waals surface area contributed by atoms with Crippen molar-refractivity contribution in [1.82, 2.24) is 4.90 Å². The largest absolute Gasteiger partial charge is 0.489 e. The number of carbonyl (C=O) groups is 1. The van der Waals surface area contributed by atoms with Gasteiger partial charge in [-0.15, -0.1) is 0 Å². The molecule has 2 aromatic carbocycles. The van der Waals surface area contributed by atoms with Crippen molar-refractivity contribution in [2.24, 2.45) is 0 Å². The molecular weight excluding hydrogens is 359 g/mol. The van der Waals surface area contributed by atoms with Crippen LogP contribution in [0.2, 0.25) is 0 Å². The predicted octanol–water partition coefficient (Wildman–Crippen LogP) is 3.47. The minimum atomic E-state index is -0.365. The zero-order chi connectivity index (χ0) is 19.3. The van der Waals surface area contributed by atoms with Crippen molar-refractivity contribution in [3.8, 4) is 5.75 Å². The third-order valence-corrected chi connectivity index (χ3v) is 5.40. The number of nitrogens with zero attached hydrogens (tertiary/aromatic N) is 1. The molecule has 0 unspecified atom stereocenters. The van der Waals surface area contributed by atoms with E-state index in [-0.39, 0.29) is 23.9 Å². The summed E-state index contributed by atoms with van der Waals surface area (Å²) in [6.45, 7) is 2.12. The SMILES string of the molecule is O=C(Nc1cccc(F)c1)[C@@H]1C[C@H](Oc2ccccc2)CN1C1CCOCC1. The molecule has 1 N–H and O–H groups in total. The van der Waals surface area contributed by atoms with Gasteiger partial charge in [0.2, 0.25) is 5.91 Å². The van der Waals surface area contributed by atoms with E-state index in [0.717, 1.165) is 18.6 Å². The number of anilines is 1. The molecule has 5 nitrogen and oxygen atoms in total. The molecule has 0 aliphatic carbocycles. The first-order valence-corrected chi connectivity index (χ1v) is 9.80. The molecule has 0 radical (unpaired) electrons. The van der Waals surface area contributed by atoms with E-state index in [1.54, 1.807) is 12.1 Å². The lowest BCUT2D eigenvalue weighted by Crippen LogP contribution is -2.47. The third-order valence-electron chi connectivity index (χ3n) is 5.40. The Kier molecular flexibility index (Phi) is 5.88. The number of halogens is 1. The van der Waals surface area contributed by atoms with Gasteiger partial charge in [-0.2, -0.15) is 0 Å². The Morgan fingerprint density at radius 3 is 2.64 bits per heavy atom. The molecule has 2 saturated heterocycles. The molecule has 2 fully saturated rings. The minimum Gasteiger partial charge on any atom is -0.489 e. The average molecular weight is 384 g/mol. The number of hydrogen-bond acceptors (Lipinski definition) is 4. The van der Waals surface area contributed by atoms with Crippen molar-refractivity contribution >= 4 is 11.6 Å². The van der Waals surface area contributed by atoms with Gasteiger partial charge in [0.1, 0.15) is 17.7 Å². The molecule has 2 heterocycles. The van der Waals surface area contributed by atoms with Gasteiger partial charge in [0.25, 0.3) is 0 Å². The molecule has 6 heteroatoms. The molecule has 2 aromatic rings. The van der Waals surface area contributed by atoms with Crippen molar-refractivity contribution in [3.05, 3.63) is 60.4 Å². The molecule has 2 aliphatic rings. The second-order valence-corrected chi connectivity index (χ2v) is 7.34. The van der Waals surface area contributed by atoms with E-state index in [9.17, 15) is 9.18 Å². The molecule has 0 saturated carbocycles. The van der Waals surface area contributed by atoms with Crippen LogP contribution >= 0.6 is 0 Å². The zero-order valence-electron chi connectivity index (χ0n) is 15.7. The lowest BCUT2D eigenvalue weighted by molar-refractivity contribution is -0.121. The Labute approximate surface area is 164 Å². The second-order valence-electron chi connectivity index (χ2n) is 7.34. The van der Waals surface area contributed by atoms with Crippen molar-refractivity contribution < 1.29 is 18.7 Å². The number of amides is 1. The maximum Gasteiger partial charge on any atom is 0.241 e. The maximum absolute atomic E-state index is 13.5. The summed E-state index contributed by atoms with van der Waals surface area (Å²) >= 11 is 0. The summed E-state index contributed by atoms with van der Waals surface area (Å²) in [6.07, 6.45) is 2.35. The van der Waals surface area contributed by atoms with E-state index in [0.29, 0.717) is 37.9 Å². The van der Waals surface area contributed by atoms with Crippen LogP contribution in [0.15, 0.2) is 54.6 Å². The number of benzene rings is 2. The number of hydrogen-bond donors (Lipinski definition) is 1. The molecule has 28 heavy (non-hydrogen) atoms. The van der Waals surface area contributed by atoms with Crippen molar-refractivity contribution in [2.45, 2.75) is 37.5 Å². The van der Waals surface area contributed by atoms with E-state index in [1.807, 2.05) is 30.3 Å². The van der Waals surface area contributed by atoms with Crippen molar-refractivity contribution in [3.63, 3.8) is 0 Å². The van der Waals surface area contributed by atoms with Gasteiger partial charge < -0.3 is 14.8 Å². The maximum atomic E-state index is 13.5. The molecule has 2 aliphatic heterocycles. The Balaban J connectivity index is 1.48. The number of para-hydroxylation sites is 1. The smallest absolute Gasteiger partial charge is 0.241 e. The fourth-order valence-corrected chi connectivity index (χ4v) is 4.07. The molecule has 0 spiro atoms. The zero-order valence-corrected chi connectivity index (χ0v) is 15.7. The molecule has 4 rings (SSSR count). The fraction of sp³-hybridized carbons (Fsp3) is 0.409.